The van der Waals surface area contributed by atoms with E-state index in [1.54, 1.807) is 7.11 Å². The van der Waals surface area contributed by atoms with E-state index in [1.807, 2.05) is 6.07 Å². The van der Waals surface area contributed by atoms with Crippen molar-refractivity contribution < 1.29 is 4.74 Å². The fourth-order valence-corrected chi connectivity index (χ4v) is 3.89. The molecule has 0 saturated heterocycles. The largest absolute Gasteiger partial charge is 0.497 e. The minimum absolute atomic E-state index is 0.540. The van der Waals surface area contributed by atoms with E-state index in [9.17, 15) is 0 Å². The minimum atomic E-state index is 0.540. The molecule has 2 aromatic rings. The average molecular weight is 411 g/mol. The molecule has 21 heavy (non-hydrogen) atoms. The zero-order valence-electron chi connectivity index (χ0n) is 11.8. The lowest BCUT2D eigenvalue weighted by atomic mass is 9.76. The zero-order valence-corrected chi connectivity index (χ0v) is 14.9. The standard InChI is InChI=1S/C17H17Br2NO/c1-21-15-4-2-3-11(9-15)12-7-14(8-12)20-17-6-5-13(18)10-16(17)19/h2-6,9-10,12,14,20H,7-8H2,1H3. The Labute approximate surface area is 142 Å². The maximum absolute atomic E-state index is 5.30. The third kappa shape index (κ3) is 3.43. The Balaban J connectivity index is 1.60. The van der Waals surface area contributed by atoms with Gasteiger partial charge in [0, 0.05) is 20.7 Å². The molecular weight excluding hydrogens is 394 g/mol. The van der Waals surface area contributed by atoms with Gasteiger partial charge in [0.05, 0.1) is 7.11 Å². The maximum Gasteiger partial charge on any atom is 0.119 e. The first kappa shape index (κ1) is 14.9. The van der Waals surface area contributed by atoms with Crippen molar-refractivity contribution in [1.82, 2.24) is 0 Å². The van der Waals surface area contributed by atoms with Gasteiger partial charge < -0.3 is 10.1 Å². The van der Waals surface area contributed by atoms with Gasteiger partial charge >= 0.3 is 0 Å². The van der Waals surface area contributed by atoms with Crippen molar-refractivity contribution in [2.45, 2.75) is 24.8 Å². The highest BCUT2D eigenvalue weighted by Crippen LogP contribution is 2.40. The number of ether oxygens (including phenoxy) is 1. The highest BCUT2D eigenvalue weighted by Gasteiger charge is 2.30. The molecule has 1 aliphatic carbocycles. The number of benzene rings is 2. The van der Waals surface area contributed by atoms with Crippen molar-refractivity contribution in [2.75, 3.05) is 12.4 Å². The first-order valence-corrected chi connectivity index (χ1v) is 8.60. The molecule has 3 rings (SSSR count). The smallest absolute Gasteiger partial charge is 0.119 e. The van der Waals surface area contributed by atoms with Gasteiger partial charge in [0.15, 0.2) is 0 Å². The van der Waals surface area contributed by atoms with Crippen LogP contribution in [-0.2, 0) is 0 Å². The van der Waals surface area contributed by atoms with Crippen molar-refractivity contribution in [2.24, 2.45) is 0 Å². The number of nitrogens with one attached hydrogen (secondary N) is 1. The molecule has 1 fully saturated rings. The van der Waals surface area contributed by atoms with Crippen LogP contribution in [0.1, 0.15) is 24.3 Å². The van der Waals surface area contributed by atoms with E-state index in [0.717, 1.165) is 33.2 Å². The van der Waals surface area contributed by atoms with Crippen LogP contribution in [0, 0.1) is 0 Å². The maximum atomic E-state index is 5.30. The minimum Gasteiger partial charge on any atom is -0.497 e. The van der Waals surface area contributed by atoms with Crippen molar-refractivity contribution in [3.8, 4) is 5.75 Å². The summed E-state index contributed by atoms with van der Waals surface area (Å²) in [6.45, 7) is 0. The van der Waals surface area contributed by atoms with Crippen LogP contribution in [0.3, 0.4) is 0 Å². The normalized spacial score (nSPS) is 20.7. The van der Waals surface area contributed by atoms with E-state index < -0.39 is 0 Å². The van der Waals surface area contributed by atoms with E-state index >= 15 is 0 Å². The summed E-state index contributed by atoms with van der Waals surface area (Å²) < 4.78 is 7.48. The third-order valence-corrected chi connectivity index (χ3v) is 5.14. The van der Waals surface area contributed by atoms with Crippen LogP contribution in [0.5, 0.6) is 5.75 Å². The number of halogens is 2. The van der Waals surface area contributed by atoms with Crippen LogP contribution >= 0.6 is 31.9 Å². The molecule has 2 nitrogen and oxygen atoms in total. The lowest BCUT2D eigenvalue weighted by Gasteiger charge is -2.37. The van der Waals surface area contributed by atoms with Gasteiger partial charge in [0.2, 0.25) is 0 Å². The Hall–Kier alpha value is -1.000. The fourth-order valence-electron chi connectivity index (χ4n) is 2.73. The second-order valence-corrected chi connectivity index (χ2v) is 7.18. The van der Waals surface area contributed by atoms with Crippen molar-refractivity contribution in [1.29, 1.82) is 0 Å². The number of hydrogen-bond donors (Lipinski definition) is 1. The molecule has 0 heterocycles. The van der Waals surface area contributed by atoms with E-state index in [4.69, 9.17) is 4.74 Å². The lowest BCUT2D eigenvalue weighted by molar-refractivity contribution is 0.370. The van der Waals surface area contributed by atoms with Gasteiger partial charge in [-0.15, -0.1) is 0 Å². The summed E-state index contributed by atoms with van der Waals surface area (Å²) in [5, 5.41) is 3.60. The molecule has 1 N–H and O–H groups in total. The molecular formula is C17H17Br2NO. The van der Waals surface area contributed by atoms with Gasteiger partial charge in [-0.2, -0.15) is 0 Å². The van der Waals surface area contributed by atoms with E-state index in [-0.39, 0.29) is 0 Å². The van der Waals surface area contributed by atoms with Crippen LogP contribution in [0.15, 0.2) is 51.4 Å². The highest BCUT2D eigenvalue weighted by molar-refractivity contribution is 9.11. The van der Waals surface area contributed by atoms with Gasteiger partial charge in [-0.1, -0.05) is 28.1 Å². The van der Waals surface area contributed by atoms with Crippen LogP contribution < -0.4 is 10.1 Å². The molecule has 1 aliphatic rings. The summed E-state index contributed by atoms with van der Waals surface area (Å²) in [5.74, 6) is 1.58. The predicted octanol–water partition coefficient (Wildman–Crippen LogP) is 5.58. The highest BCUT2D eigenvalue weighted by atomic mass is 79.9. The molecule has 4 heteroatoms. The SMILES string of the molecule is COc1cccc(C2CC(Nc3ccc(Br)cc3Br)C2)c1. The van der Waals surface area contributed by atoms with Crippen LogP contribution in [0.2, 0.25) is 0 Å². The van der Waals surface area contributed by atoms with Gasteiger partial charge in [-0.3, -0.25) is 0 Å². The lowest BCUT2D eigenvalue weighted by Crippen LogP contribution is -2.34. The Morgan fingerprint density at radius 2 is 1.90 bits per heavy atom. The van der Waals surface area contributed by atoms with Crippen molar-refractivity contribution >= 4 is 37.5 Å². The number of anilines is 1. The van der Waals surface area contributed by atoms with Gasteiger partial charge in [-0.25, -0.2) is 0 Å². The number of methoxy groups -OCH3 is 1. The summed E-state index contributed by atoms with van der Waals surface area (Å²) in [4.78, 5) is 0. The molecule has 2 aromatic carbocycles. The van der Waals surface area contributed by atoms with Gasteiger partial charge in [0.1, 0.15) is 5.75 Å². The third-order valence-electron chi connectivity index (χ3n) is 3.99. The molecule has 1 saturated carbocycles. The summed E-state index contributed by atoms with van der Waals surface area (Å²) in [6.07, 6.45) is 2.32. The van der Waals surface area contributed by atoms with E-state index in [0.29, 0.717) is 12.0 Å². The molecule has 0 amide bonds. The van der Waals surface area contributed by atoms with Crippen molar-refractivity contribution in [3.05, 3.63) is 57.0 Å². The molecule has 0 bridgehead atoms. The van der Waals surface area contributed by atoms with Crippen LogP contribution in [-0.4, -0.2) is 13.2 Å². The summed E-state index contributed by atoms with van der Waals surface area (Å²) >= 11 is 7.08. The first-order valence-electron chi connectivity index (χ1n) is 7.01. The quantitative estimate of drug-likeness (QED) is 0.710. The first-order chi connectivity index (χ1) is 10.2. The summed E-state index contributed by atoms with van der Waals surface area (Å²) in [6, 6.07) is 15.2. The molecule has 0 atom stereocenters. The fraction of sp³-hybridized carbons (Fsp3) is 0.294. The Kier molecular flexibility index (Phi) is 4.55. The Bertz CT molecular complexity index is 638. The predicted molar refractivity (Wildman–Crippen MR) is 94.2 cm³/mol. The average Bonchev–Trinajstić information content (AvgIpc) is 2.44. The second kappa shape index (κ2) is 6.41. The molecule has 110 valence electrons. The molecule has 0 unspecified atom stereocenters. The van der Waals surface area contributed by atoms with E-state index in [2.05, 4.69) is 73.6 Å². The second-order valence-electron chi connectivity index (χ2n) is 5.41. The molecule has 0 radical (unpaired) electrons. The molecule has 0 aromatic heterocycles. The molecule has 0 spiro atoms. The number of hydrogen-bond acceptors (Lipinski definition) is 2. The van der Waals surface area contributed by atoms with E-state index in [1.165, 1.54) is 5.56 Å². The van der Waals surface area contributed by atoms with Crippen molar-refractivity contribution in [3.63, 3.8) is 0 Å². The molecule has 0 aliphatic heterocycles. The van der Waals surface area contributed by atoms with Gasteiger partial charge in [0.25, 0.3) is 0 Å². The van der Waals surface area contributed by atoms with Crippen LogP contribution in [0.25, 0.3) is 0 Å². The van der Waals surface area contributed by atoms with Crippen LogP contribution in [0.4, 0.5) is 5.69 Å². The monoisotopic (exact) mass is 409 g/mol. The number of rotatable bonds is 4. The zero-order chi connectivity index (χ0) is 14.8. The Morgan fingerprint density at radius 1 is 1.10 bits per heavy atom. The van der Waals surface area contributed by atoms with Gasteiger partial charge in [-0.05, 0) is 70.6 Å². The summed E-state index contributed by atoms with van der Waals surface area (Å²) in [7, 11) is 1.72. The topological polar surface area (TPSA) is 21.3 Å². The Morgan fingerprint density at radius 3 is 2.62 bits per heavy atom. The summed E-state index contributed by atoms with van der Waals surface area (Å²) in [5.41, 5.74) is 2.54.